The highest BCUT2D eigenvalue weighted by Crippen LogP contribution is 2.39. The fourth-order valence-corrected chi connectivity index (χ4v) is 3.05. The smallest absolute Gasteiger partial charge is 0.388 e. The minimum absolute atomic E-state index is 0.121. The van der Waals surface area contributed by atoms with Gasteiger partial charge in [0.05, 0.1) is 11.7 Å². The summed E-state index contributed by atoms with van der Waals surface area (Å²) in [6.07, 6.45) is -2.32. The first-order valence-corrected chi connectivity index (χ1v) is 6.90. The third-order valence-electron chi connectivity index (χ3n) is 3.91. The number of rotatable bonds is 2. The van der Waals surface area contributed by atoms with Gasteiger partial charge in [0.15, 0.2) is 0 Å². The lowest BCUT2D eigenvalue weighted by Gasteiger charge is -2.30. The molecule has 0 heterocycles. The largest absolute Gasteiger partial charge is 0.419 e. The molecule has 0 fully saturated rings. The van der Waals surface area contributed by atoms with Crippen LogP contribution in [0.4, 0.5) is 17.6 Å². The van der Waals surface area contributed by atoms with Crippen molar-refractivity contribution in [2.75, 3.05) is 0 Å². The molecule has 0 aliphatic heterocycles. The van der Waals surface area contributed by atoms with Gasteiger partial charge in [0.1, 0.15) is 5.82 Å². The zero-order chi connectivity index (χ0) is 15.8. The average Bonchev–Trinajstić information content (AvgIpc) is 2.36. The Balaban J connectivity index is 2.28. The van der Waals surface area contributed by atoms with Gasteiger partial charge in [-0.25, -0.2) is 4.39 Å². The Morgan fingerprint density at radius 2 is 1.95 bits per heavy atom. The highest BCUT2D eigenvalue weighted by Gasteiger charge is 2.35. The predicted octanol–water partition coefficient (Wildman–Crippen LogP) is 4.87. The van der Waals surface area contributed by atoms with Crippen LogP contribution in [0.15, 0.2) is 29.8 Å². The van der Waals surface area contributed by atoms with Gasteiger partial charge in [-0.15, -0.1) is 0 Å². The van der Waals surface area contributed by atoms with Gasteiger partial charge in [0.2, 0.25) is 0 Å². The summed E-state index contributed by atoms with van der Waals surface area (Å²) in [6.45, 7) is 3.95. The molecule has 116 valence electrons. The minimum atomic E-state index is -4.75. The molecule has 1 aromatic rings. The Labute approximate surface area is 121 Å². The molecule has 0 spiro atoms. The highest BCUT2D eigenvalue weighted by molar-refractivity contribution is 5.29. The number of halogens is 4. The SMILES string of the molecule is CC1=CC(C)CC(C(O)c2ccc(F)c(C(F)(F)F)c2)C1. The molecule has 0 bridgehead atoms. The lowest BCUT2D eigenvalue weighted by molar-refractivity contribution is -0.140. The second-order valence-corrected chi connectivity index (χ2v) is 5.87. The van der Waals surface area contributed by atoms with Crippen LogP contribution in [-0.4, -0.2) is 5.11 Å². The number of allylic oxidation sites excluding steroid dienone is 2. The van der Waals surface area contributed by atoms with Gasteiger partial charge in [-0.1, -0.05) is 24.6 Å². The van der Waals surface area contributed by atoms with Gasteiger partial charge in [0, 0.05) is 0 Å². The zero-order valence-electron chi connectivity index (χ0n) is 11.9. The summed E-state index contributed by atoms with van der Waals surface area (Å²) in [5, 5.41) is 10.3. The summed E-state index contributed by atoms with van der Waals surface area (Å²) in [4.78, 5) is 0. The molecule has 1 nitrogen and oxygen atoms in total. The minimum Gasteiger partial charge on any atom is -0.388 e. The van der Waals surface area contributed by atoms with Gasteiger partial charge >= 0.3 is 6.18 Å². The van der Waals surface area contributed by atoms with Crippen LogP contribution in [0.5, 0.6) is 0 Å². The lowest BCUT2D eigenvalue weighted by atomic mass is 9.78. The van der Waals surface area contributed by atoms with E-state index in [2.05, 4.69) is 6.08 Å². The van der Waals surface area contributed by atoms with Gasteiger partial charge in [-0.2, -0.15) is 13.2 Å². The first-order valence-electron chi connectivity index (χ1n) is 6.90. The van der Waals surface area contributed by atoms with Crippen LogP contribution >= 0.6 is 0 Å². The maximum Gasteiger partial charge on any atom is 0.419 e. The molecule has 1 aliphatic rings. The molecule has 3 unspecified atom stereocenters. The number of alkyl halides is 3. The van der Waals surface area contributed by atoms with Crippen LogP contribution in [0.2, 0.25) is 0 Å². The van der Waals surface area contributed by atoms with Crippen molar-refractivity contribution in [3.8, 4) is 0 Å². The van der Waals surface area contributed by atoms with Gasteiger partial charge in [0.25, 0.3) is 0 Å². The molecule has 0 saturated heterocycles. The Kier molecular flexibility index (Phi) is 4.42. The van der Waals surface area contributed by atoms with Crippen molar-refractivity contribution in [3.05, 3.63) is 46.8 Å². The molecule has 0 aromatic heterocycles. The van der Waals surface area contributed by atoms with Crippen molar-refractivity contribution < 1.29 is 22.7 Å². The second-order valence-electron chi connectivity index (χ2n) is 5.87. The van der Waals surface area contributed by atoms with Crippen LogP contribution in [0.25, 0.3) is 0 Å². The quantitative estimate of drug-likeness (QED) is 0.610. The molecular weight excluding hydrogens is 284 g/mol. The highest BCUT2D eigenvalue weighted by atomic mass is 19.4. The third-order valence-corrected chi connectivity index (χ3v) is 3.91. The van der Waals surface area contributed by atoms with E-state index in [1.807, 2.05) is 13.8 Å². The monoisotopic (exact) mass is 302 g/mol. The number of hydrogen-bond acceptors (Lipinski definition) is 1. The summed E-state index contributed by atoms with van der Waals surface area (Å²) in [5.41, 5.74) is -0.0817. The van der Waals surface area contributed by atoms with Gasteiger partial charge < -0.3 is 5.11 Å². The first kappa shape index (κ1) is 16.0. The number of aliphatic hydroxyl groups is 1. The summed E-state index contributed by atoms with van der Waals surface area (Å²) >= 11 is 0. The van der Waals surface area contributed by atoms with E-state index in [9.17, 15) is 22.7 Å². The van der Waals surface area contributed by atoms with Crippen molar-refractivity contribution in [1.82, 2.24) is 0 Å². The summed E-state index contributed by atoms with van der Waals surface area (Å²) in [7, 11) is 0. The maximum absolute atomic E-state index is 13.3. The van der Waals surface area contributed by atoms with Crippen LogP contribution in [-0.2, 0) is 6.18 Å². The molecule has 1 N–H and O–H groups in total. The molecule has 3 atom stereocenters. The van der Waals surface area contributed by atoms with E-state index < -0.39 is 23.7 Å². The molecule has 0 saturated carbocycles. The van der Waals surface area contributed by atoms with Crippen molar-refractivity contribution in [1.29, 1.82) is 0 Å². The topological polar surface area (TPSA) is 20.2 Å². The number of aliphatic hydroxyl groups excluding tert-OH is 1. The first-order chi connectivity index (χ1) is 9.68. The van der Waals surface area contributed by atoms with Crippen LogP contribution in [0, 0.1) is 17.7 Å². The van der Waals surface area contributed by atoms with E-state index >= 15 is 0 Å². The van der Waals surface area contributed by atoms with E-state index in [0.717, 1.165) is 17.7 Å². The molecule has 1 aromatic carbocycles. The Morgan fingerprint density at radius 1 is 1.29 bits per heavy atom. The van der Waals surface area contributed by atoms with Crippen LogP contribution in [0.3, 0.4) is 0 Å². The van der Waals surface area contributed by atoms with Crippen molar-refractivity contribution in [2.45, 2.75) is 39.0 Å². The molecule has 5 heteroatoms. The lowest BCUT2D eigenvalue weighted by Crippen LogP contribution is -2.20. The molecule has 1 aliphatic carbocycles. The standard InChI is InChI=1S/C16H18F4O/c1-9-5-10(2)7-12(6-9)15(21)11-3-4-14(17)13(8-11)16(18,19)20/h3-5,8-9,12,15,21H,6-7H2,1-2H3. The summed E-state index contributed by atoms with van der Waals surface area (Å²) in [5.74, 6) is -1.18. The fraction of sp³-hybridized carbons (Fsp3) is 0.500. The van der Waals surface area contributed by atoms with E-state index in [0.29, 0.717) is 12.8 Å². The molecule has 2 rings (SSSR count). The van der Waals surface area contributed by atoms with E-state index in [1.165, 1.54) is 6.07 Å². The van der Waals surface area contributed by atoms with Crippen molar-refractivity contribution >= 4 is 0 Å². The Morgan fingerprint density at radius 3 is 2.52 bits per heavy atom. The predicted molar refractivity (Wildman–Crippen MR) is 72.0 cm³/mol. The van der Waals surface area contributed by atoms with Crippen molar-refractivity contribution in [2.24, 2.45) is 11.8 Å². The molecule has 21 heavy (non-hydrogen) atoms. The van der Waals surface area contributed by atoms with Gasteiger partial charge in [-0.3, -0.25) is 0 Å². The van der Waals surface area contributed by atoms with Gasteiger partial charge in [-0.05, 0) is 49.3 Å². The van der Waals surface area contributed by atoms with Crippen molar-refractivity contribution in [3.63, 3.8) is 0 Å². The third kappa shape index (κ3) is 3.64. The van der Waals surface area contributed by atoms with E-state index in [1.54, 1.807) is 0 Å². The normalized spacial score (nSPS) is 24.6. The van der Waals surface area contributed by atoms with Crippen LogP contribution < -0.4 is 0 Å². The maximum atomic E-state index is 13.3. The fourth-order valence-electron chi connectivity index (χ4n) is 3.05. The van der Waals surface area contributed by atoms with E-state index in [-0.39, 0.29) is 17.4 Å². The molecular formula is C16H18F4O. The average molecular weight is 302 g/mol. The molecule has 0 radical (unpaired) electrons. The zero-order valence-corrected chi connectivity index (χ0v) is 11.9. The van der Waals surface area contributed by atoms with Crippen LogP contribution in [0.1, 0.15) is 43.9 Å². The summed E-state index contributed by atoms with van der Waals surface area (Å²) in [6, 6.07) is 2.72. The number of benzene rings is 1. The Bertz CT molecular complexity index is 548. The van der Waals surface area contributed by atoms with E-state index in [4.69, 9.17) is 0 Å². The second kappa shape index (κ2) is 5.79. The molecule has 0 amide bonds. The Hall–Kier alpha value is -1.36. The number of hydrogen-bond donors (Lipinski definition) is 1. The summed E-state index contributed by atoms with van der Waals surface area (Å²) < 4.78 is 51.5.